The second kappa shape index (κ2) is 5.57. The van der Waals surface area contributed by atoms with Gasteiger partial charge in [-0.3, -0.25) is 0 Å². The molecule has 4 nitrogen and oxygen atoms in total. The zero-order chi connectivity index (χ0) is 13.2. The second-order valence-corrected chi connectivity index (χ2v) is 6.57. The number of benzene rings is 1. The van der Waals surface area contributed by atoms with Gasteiger partial charge in [-0.15, -0.1) is 11.6 Å². The summed E-state index contributed by atoms with van der Waals surface area (Å²) in [6.45, 7) is 3.01. The molecule has 1 aromatic carbocycles. The van der Waals surface area contributed by atoms with Gasteiger partial charge in [-0.2, -0.15) is 4.31 Å². The Morgan fingerprint density at radius 2 is 2.06 bits per heavy atom. The Balaban J connectivity index is 2.22. The molecule has 0 aliphatic carbocycles. The topological polar surface area (TPSA) is 46.6 Å². The molecule has 1 fully saturated rings. The molecule has 1 aliphatic rings. The first-order valence-electron chi connectivity index (χ1n) is 5.78. The van der Waals surface area contributed by atoms with E-state index in [0.717, 1.165) is 5.56 Å². The fraction of sp³-hybridized carbons (Fsp3) is 0.500. The van der Waals surface area contributed by atoms with Gasteiger partial charge in [0.25, 0.3) is 0 Å². The predicted molar refractivity (Wildman–Crippen MR) is 70.4 cm³/mol. The molecule has 1 atom stereocenters. The van der Waals surface area contributed by atoms with Crippen LogP contribution >= 0.6 is 11.6 Å². The van der Waals surface area contributed by atoms with Crippen LogP contribution in [0.25, 0.3) is 0 Å². The third kappa shape index (κ3) is 2.85. The Labute approximate surface area is 113 Å². The molecule has 0 amide bonds. The number of halogens is 1. The first-order chi connectivity index (χ1) is 8.54. The second-order valence-electron chi connectivity index (χ2n) is 4.32. The summed E-state index contributed by atoms with van der Waals surface area (Å²) in [5, 5.41) is 0. The molecule has 2 rings (SSSR count). The number of nitrogens with zero attached hydrogens (tertiary/aromatic N) is 1. The van der Waals surface area contributed by atoms with Crippen molar-refractivity contribution >= 4 is 21.6 Å². The number of sulfonamides is 1. The lowest BCUT2D eigenvalue weighted by molar-refractivity contribution is 0.0122. The van der Waals surface area contributed by atoms with Gasteiger partial charge >= 0.3 is 0 Å². The summed E-state index contributed by atoms with van der Waals surface area (Å²) in [7, 11) is -3.43. The zero-order valence-electron chi connectivity index (χ0n) is 10.2. The van der Waals surface area contributed by atoms with Crippen LogP contribution in [0.4, 0.5) is 0 Å². The minimum absolute atomic E-state index is 0.222. The number of ether oxygens (including phenoxy) is 1. The fourth-order valence-electron chi connectivity index (χ4n) is 1.86. The summed E-state index contributed by atoms with van der Waals surface area (Å²) in [5.74, 6) is 0.305. The van der Waals surface area contributed by atoms with Crippen LogP contribution < -0.4 is 0 Å². The van der Waals surface area contributed by atoms with Crippen LogP contribution in [-0.2, 0) is 14.8 Å². The quantitative estimate of drug-likeness (QED) is 0.795. The van der Waals surface area contributed by atoms with E-state index < -0.39 is 10.0 Å². The van der Waals surface area contributed by atoms with Crippen molar-refractivity contribution in [3.8, 4) is 0 Å². The SMILES string of the molecule is Cc1ccc(S(=O)(=O)N2CCOC(CCl)C2)cc1. The van der Waals surface area contributed by atoms with Crippen LogP contribution in [0.5, 0.6) is 0 Å². The fourth-order valence-corrected chi connectivity index (χ4v) is 3.51. The van der Waals surface area contributed by atoms with Crippen molar-refractivity contribution in [2.24, 2.45) is 0 Å². The van der Waals surface area contributed by atoms with Crippen molar-refractivity contribution in [2.45, 2.75) is 17.9 Å². The summed E-state index contributed by atoms with van der Waals surface area (Å²) < 4.78 is 31.6. The maximum Gasteiger partial charge on any atom is 0.243 e. The summed E-state index contributed by atoms with van der Waals surface area (Å²) in [6, 6.07) is 6.87. The number of aryl methyl sites for hydroxylation is 1. The normalized spacial score (nSPS) is 22.0. The van der Waals surface area contributed by atoms with Gasteiger partial charge in [-0.25, -0.2) is 8.42 Å². The highest BCUT2D eigenvalue weighted by Gasteiger charge is 2.30. The molecule has 6 heteroatoms. The molecule has 1 saturated heterocycles. The van der Waals surface area contributed by atoms with Crippen LogP contribution in [-0.4, -0.2) is 44.4 Å². The lowest BCUT2D eigenvalue weighted by Gasteiger charge is -2.31. The van der Waals surface area contributed by atoms with E-state index in [9.17, 15) is 8.42 Å². The largest absolute Gasteiger partial charge is 0.374 e. The van der Waals surface area contributed by atoms with E-state index in [-0.39, 0.29) is 6.10 Å². The molecular weight excluding hydrogens is 274 g/mol. The molecule has 1 heterocycles. The van der Waals surface area contributed by atoms with Crippen LogP contribution in [0.3, 0.4) is 0 Å². The van der Waals surface area contributed by atoms with Crippen LogP contribution in [0.15, 0.2) is 29.2 Å². The minimum Gasteiger partial charge on any atom is -0.374 e. The van der Waals surface area contributed by atoms with Gasteiger partial charge < -0.3 is 4.74 Å². The molecular formula is C12H16ClNO3S. The average molecular weight is 290 g/mol. The Morgan fingerprint density at radius 3 is 2.67 bits per heavy atom. The van der Waals surface area contributed by atoms with Crippen molar-refractivity contribution in [3.05, 3.63) is 29.8 Å². The highest BCUT2D eigenvalue weighted by molar-refractivity contribution is 7.89. The Morgan fingerprint density at radius 1 is 1.39 bits per heavy atom. The first-order valence-corrected chi connectivity index (χ1v) is 7.76. The van der Waals surface area contributed by atoms with Gasteiger partial charge in [0, 0.05) is 19.0 Å². The van der Waals surface area contributed by atoms with E-state index >= 15 is 0 Å². The summed E-state index contributed by atoms with van der Waals surface area (Å²) in [6.07, 6.45) is -0.222. The summed E-state index contributed by atoms with van der Waals surface area (Å²) >= 11 is 5.72. The smallest absolute Gasteiger partial charge is 0.243 e. The van der Waals surface area contributed by atoms with Crippen molar-refractivity contribution < 1.29 is 13.2 Å². The first kappa shape index (κ1) is 13.8. The standard InChI is InChI=1S/C12H16ClNO3S/c1-10-2-4-12(5-3-10)18(15,16)14-6-7-17-11(8-13)9-14/h2-5,11H,6-9H2,1H3. The van der Waals surface area contributed by atoms with Gasteiger partial charge in [0.1, 0.15) is 0 Å². The van der Waals surface area contributed by atoms with E-state index in [0.29, 0.717) is 30.5 Å². The van der Waals surface area contributed by atoms with E-state index in [2.05, 4.69) is 0 Å². The lowest BCUT2D eigenvalue weighted by atomic mass is 10.2. The van der Waals surface area contributed by atoms with Crippen LogP contribution in [0.2, 0.25) is 0 Å². The molecule has 100 valence electrons. The molecule has 1 aromatic rings. The third-order valence-corrected chi connectivity index (χ3v) is 5.16. The lowest BCUT2D eigenvalue weighted by Crippen LogP contribution is -2.46. The van der Waals surface area contributed by atoms with Crippen molar-refractivity contribution in [3.63, 3.8) is 0 Å². The minimum atomic E-state index is -3.43. The van der Waals surface area contributed by atoms with Gasteiger partial charge in [-0.05, 0) is 19.1 Å². The monoisotopic (exact) mass is 289 g/mol. The highest BCUT2D eigenvalue weighted by Crippen LogP contribution is 2.19. The third-order valence-electron chi connectivity index (χ3n) is 2.93. The molecule has 0 N–H and O–H groups in total. The van der Waals surface area contributed by atoms with Crippen LogP contribution in [0.1, 0.15) is 5.56 Å². The Bertz CT molecular complexity index is 501. The van der Waals surface area contributed by atoms with E-state index in [1.54, 1.807) is 24.3 Å². The number of rotatable bonds is 3. The van der Waals surface area contributed by atoms with Gasteiger partial charge in [0.2, 0.25) is 10.0 Å². The zero-order valence-corrected chi connectivity index (χ0v) is 11.7. The Hall–Kier alpha value is -0.620. The van der Waals surface area contributed by atoms with Crippen molar-refractivity contribution in [1.82, 2.24) is 4.31 Å². The molecule has 0 spiro atoms. The predicted octanol–water partition coefficient (Wildman–Crippen LogP) is 1.62. The van der Waals surface area contributed by atoms with Crippen LogP contribution in [0, 0.1) is 6.92 Å². The van der Waals surface area contributed by atoms with E-state index in [1.165, 1.54) is 4.31 Å². The molecule has 1 unspecified atom stereocenters. The molecule has 1 aliphatic heterocycles. The number of hydrogen-bond donors (Lipinski definition) is 0. The highest BCUT2D eigenvalue weighted by atomic mass is 35.5. The molecule has 0 saturated carbocycles. The molecule has 0 bridgehead atoms. The van der Waals surface area contributed by atoms with Crippen molar-refractivity contribution in [2.75, 3.05) is 25.6 Å². The van der Waals surface area contributed by atoms with E-state index in [4.69, 9.17) is 16.3 Å². The van der Waals surface area contributed by atoms with Gasteiger partial charge in [-0.1, -0.05) is 17.7 Å². The Kier molecular flexibility index (Phi) is 4.27. The molecule has 0 radical (unpaired) electrons. The maximum absolute atomic E-state index is 12.4. The molecule has 0 aromatic heterocycles. The number of hydrogen-bond acceptors (Lipinski definition) is 3. The van der Waals surface area contributed by atoms with E-state index in [1.807, 2.05) is 6.92 Å². The molecule has 18 heavy (non-hydrogen) atoms. The summed E-state index contributed by atoms with van der Waals surface area (Å²) in [4.78, 5) is 0.323. The summed E-state index contributed by atoms with van der Waals surface area (Å²) in [5.41, 5.74) is 1.04. The number of morpholine rings is 1. The van der Waals surface area contributed by atoms with Gasteiger partial charge in [0.15, 0.2) is 0 Å². The van der Waals surface area contributed by atoms with Crippen molar-refractivity contribution in [1.29, 1.82) is 0 Å². The maximum atomic E-state index is 12.4. The van der Waals surface area contributed by atoms with Gasteiger partial charge in [0.05, 0.1) is 17.6 Å². The number of alkyl halides is 1. The average Bonchev–Trinajstić information content (AvgIpc) is 2.39.